The van der Waals surface area contributed by atoms with E-state index in [9.17, 15) is 19.2 Å². The first-order chi connectivity index (χ1) is 14.4. The molecule has 0 saturated carbocycles. The normalized spacial score (nSPS) is 10.7. The topological polar surface area (TPSA) is 171 Å². The lowest BCUT2D eigenvalue weighted by atomic mass is 10.2. The van der Waals surface area contributed by atoms with E-state index < -0.39 is 23.1 Å². The van der Waals surface area contributed by atoms with Crippen LogP contribution in [0.4, 0.5) is 5.13 Å². The number of aromatic amines is 2. The van der Waals surface area contributed by atoms with Crippen LogP contribution in [0.15, 0.2) is 45.0 Å². The molecule has 2 amide bonds. The summed E-state index contributed by atoms with van der Waals surface area (Å²) >= 11 is 0.968. The van der Waals surface area contributed by atoms with Crippen molar-refractivity contribution in [2.75, 3.05) is 12.4 Å². The van der Waals surface area contributed by atoms with Gasteiger partial charge >= 0.3 is 5.69 Å². The van der Waals surface area contributed by atoms with Crippen molar-refractivity contribution >= 4 is 34.5 Å². The molecule has 2 aromatic heterocycles. The largest absolute Gasteiger partial charge is 0.497 e. The Morgan fingerprint density at radius 1 is 1.20 bits per heavy atom. The maximum Gasteiger partial charge on any atom is 0.326 e. The van der Waals surface area contributed by atoms with Gasteiger partial charge in [0, 0.05) is 6.07 Å². The molecule has 13 heteroatoms. The molecular weight excluding hydrogens is 414 g/mol. The van der Waals surface area contributed by atoms with E-state index in [1.165, 1.54) is 6.21 Å². The second-order valence-corrected chi connectivity index (χ2v) is 6.76. The summed E-state index contributed by atoms with van der Waals surface area (Å²) < 4.78 is 5.06. The van der Waals surface area contributed by atoms with Gasteiger partial charge in [-0.2, -0.15) is 5.10 Å². The number of nitrogens with zero attached hydrogens (tertiary/aromatic N) is 3. The molecular formula is C17H15N7O5S. The molecule has 0 aliphatic carbocycles. The van der Waals surface area contributed by atoms with Gasteiger partial charge < -0.3 is 9.72 Å². The number of hydrogen-bond donors (Lipinski definition) is 4. The van der Waals surface area contributed by atoms with Crippen LogP contribution in [0.1, 0.15) is 21.1 Å². The van der Waals surface area contributed by atoms with E-state index in [0.717, 1.165) is 23.0 Å². The Balaban J connectivity index is 1.53. The fourth-order valence-corrected chi connectivity index (χ4v) is 2.91. The second-order valence-electron chi connectivity index (χ2n) is 5.70. The monoisotopic (exact) mass is 429 g/mol. The van der Waals surface area contributed by atoms with Gasteiger partial charge in [-0.05, 0) is 29.8 Å². The number of carbonyl (C=O) groups excluding carboxylic acids is 2. The van der Waals surface area contributed by atoms with Crippen molar-refractivity contribution in [1.29, 1.82) is 0 Å². The predicted octanol–water partition coefficient (Wildman–Crippen LogP) is -0.132. The molecule has 0 radical (unpaired) electrons. The number of amides is 2. The van der Waals surface area contributed by atoms with Crippen LogP contribution < -0.4 is 26.7 Å². The van der Waals surface area contributed by atoms with Gasteiger partial charge in [-0.3, -0.25) is 24.7 Å². The van der Waals surface area contributed by atoms with Crippen molar-refractivity contribution < 1.29 is 14.3 Å². The van der Waals surface area contributed by atoms with E-state index in [1.54, 1.807) is 31.4 Å². The van der Waals surface area contributed by atoms with E-state index in [4.69, 9.17) is 4.74 Å². The molecule has 0 unspecified atom stereocenters. The molecule has 4 N–H and O–H groups in total. The molecule has 0 spiro atoms. The van der Waals surface area contributed by atoms with E-state index in [0.29, 0.717) is 10.8 Å². The summed E-state index contributed by atoms with van der Waals surface area (Å²) in [6.07, 6.45) is 1.38. The number of carbonyl (C=O) groups is 2. The third-order valence-electron chi connectivity index (χ3n) is 3.52. The zero-order chi connectivity index (χ0) is 21.5. The summed E-state index contributed by atoms with van der Waals surface area (Å²) in [7, 11) is 1.57. The smallest absolute Gasteiger partial charge is 0.326 e. The second kappa shape index (κ2) is 9.38. The Labute approximate surface area is 172 Å². The van der Waals surface area contributed by atoms with Crippen molar-refractivity contribution in [3.05, 3.63) is 67.4 Å². The van der Waals surface area contributed by atoms with Crippen LogP contribution >= 0.6 is 11.3 Å². The van der Waals surface area contributed by atoms with Crippen LogP contribution in [0, 0.1) is 0 Å². The fraction of sp³-hybridized carbons (Fsp3) is 0.118. The van der Waals surface area contributed by atoms with Gasteiger partial charge in [-0.25, -0.2) is 10.2 Å². The van der Waals surface area contributed by atoms with Crippen LogP contribution in [0.5, 0.6) is 5.75 Å². The molecule has 0 fully saturated rings. The third-order valence-corrected chi connectivity index (χ3v) is 4.36. The Bertz CT molecular complexity index is 1170. The molecule has 30 heavy (non-hydrogen) atoms. The number of benzene rings is 1. The van der Waals surface area contributed by atoms with Gasteiger partial charge in [0.2, 0.25) is 11.0 Å². The van der Waals surface area contributed by atoms with Gasteiger partial charge in [0.05, 0.1) is 19.7 Å². The summed E-state index contributed by atoms with van der Waals surface area (Å²) in [6, 6.07) is 8.03. The zero-order valence-electron chi connectivity index (χ0n) is 15.5. The lowest BCUT2D eigenvalue weighted by Crippen LogP contribution is -2.27. The van der Waals surface area contributed by atoms with Gasteiger partial charge in [0.25, 0.3) is 11.5 Å². The first kappa shape index (κ1) is 20.6. The van der Waals surface area contributed by atoms with Gasteiger partial charge in [-0.1, -0.05) is 11.3 Å². The molecule has 3 aromatic rings. The van der Waals surface area contributed by atoms with E-state index in [-0.39, 0.29) is 17.2 Å². The number of H-pyrrole nitrogens is 2. The quantitative estimate of drug-likeness (QED) is 0.299. The number of methoxy groups -OCH3 is 1. The summed E-state index contributed by atoms with van der Waals surface area (Å²) in [5, 5.41) is 14.3. The summed E-state index contributed by atoms with van der Waals surface area (Å²) in [4.78, 5) is 50.7. The first-order valence-electron chi connectivity index (χ1n) is 8.36. The minimum absolute atomic E-state index is 0.102. The average Bonchev–Trinajstić information content (AvgIpc) is 3.14. The maximum atomic E-state index is 12.1. The van der Waals surface area contributed by atoms with Crippen LogP contribution in [0.25, 0.3) is 0 Å². The number of hydrogen-bond acceptors (Lipinski definition) is 9. The molecule has 0 atom stereocenters. The third kappa shape index (κ3) is 5.68. The number of aromatic nitrogens is 4. The lowest BCUT2D eigenvalue weighted by molar-refractivity contribution is -0.120. The molecule has 0 saturated heterocycles. The van der Waals surface area contributed by atoms with Crippen molar-refractivity contribution in [3.8, 4) is 5.75 Å². The van der Waals surface area contributed by atoms with Crippen LogP contribution in [-0.4, -0.2) is 45.3 Å². The fourth-order valence-electron chi connectivity index (χ4n) is 2.18. The number of rotatable bonds is 7. The number of ether oxygens (including phenoxy) is 1. The summed E-state index contributed by atoms with van der Waals surface area (Å²) in [5.74, 6) is -0.456. The summed E-state index contributed by atoms with van der Waals surface area (Å²) in [6.45, 7) is 0. The Kier molecular flexibility index (Phi) is 6.44. The molecule has 3 rings (SSSR count). The number of nitrogens with one attached hydrogen (secondary N) is 4. The Hall–Kier alpha value is -4.13. The lowest BCUT2D eigenvalue weighted by Gasteiger charge is -2.00. The highest BCUT2D eigenvalue weighted by molar-refractivity contribution is 7.15. The Morgan fingerprint density at radius 2 is 1.97 bits per heavy atom. The maximum absolute atomic E-state index is 12.1. The molecule has 0 aliphatic rings. The predicted molar refractivity (Wildman–Crippen MR) is 108 cm³/mol. The molecule has 0 bridgehead atoms. The highest BCUT2D eigenvalue weighted by Crippen LogP contribution is 2.16. The number of hydrazone groups is 1. The van der Waals surface area contributed by atoms with Crippen LogP contribution in [0.2, 0.25) is 0 Å². The van der Waals surface area contributed by atoms with Crippen LogP contribution in [0.3, 0.4) is 0 Å². The highest BCUT2D eigenvalue weighted by Gasteiger charge is 2.13. The Morgan fingerprint density at radius 3 is 2.67 bits per heavy atom. The van der Waals surface area contributed by atoms with Crippen LogP contribution in [-0.2, 0) is 11.2 Å². The van der Waals surface area contributed by atoms with Gasteiger partial charge in [0.1, 0.15) is 16.5 Å². The minimum atomic E-state index is -0.808. The first-order valence-corrected chi connectivity index (χ1v) is 9.18. The SMILES string of the molecule is COc1ccc(/C=N\NC(=O)Cc2nnc(NC(=O)c3cc(=O)[nH]c(=O)[nH]3)s2)cc1. The van der Waals surface area contributed by atoms with Crippen molar-refractivity contribution in [2.45, 2.75) is 6.42 Å². The zero-order valence-corrected chi connectivity index (χ0v) is 16.3. The van der Waals surface area contributed by atoms with Gasteiger partial charge in [0.15, 0.2) is 0 Å². The molecule has 1 aromatic carbocycles. The number of anilines is 1. The minimum Gasteiger partial charge on any atom is -0.497 e. The van der Waals surface area contributed by atoms with E-state index in [2.05, 4.69) is 31.0 Å². The van der Waals surface area contributed by atoms with Crippen molar-refractivity contribution in [1.82, 2.24) is 25.6 Å². The van der Waals surface area contributed by atoms with Crippen molar-refractivity contribution in [2.24, 2.45) is 5.10 Å². The highest BCUT2D eigenvalue weighted by atomic mass is 32.1. The molecule has 154 valence electrons. The summed E-state index contributed by atoms with van der Waals surface area (Å²) in [5.41, 5.74) is 1.39. The van der Waals surface area contributed by atoms with Crippen molar-refractivity contribution in [3.63, 3.8) is 0 Å². The standard InChI is InChI=1S/C17H15N7O5S/c1-29-10-4-2-9(3-5-10)8-18-22-13(26)7-14-23-24-17(30-14)21-15(27)11-6-12(25)20-16(28)19-11/h2-6,8H,7H2,1H3,(H,22,26)(H,21,24,27)(H2,19,20,25,28)/b18-8-. The molecule has 2 heterocycles. The van der Waals surface area contributed by atoms with Gasteiger partial charge in [-0.15, -0.1) is 10.2 Å². The van der Waals surface area contributed by atoms with E-state index in [1.807, 2.05) is 4.98 Å². The molecule has 12 nitrogen and oxygen atoms in total. The molecule has 0 aliphatic heterocycles. The van der Waals surface area contributed by atoms with E-state index >= 15 is 0 Å². The average molecular weight is 429 g/mol.